The molecule has 0 aromatic heterocycles. The highest BCUT2D eigenvalue weighted by Crippen LogP contribution is 2.29. The Labute approximate surface area is 145 Å². The Balaban J connectivity index is 1.92. The van der Waals surface area contributed by atoms with Crippen LogP contribution < -0.4 is 0 Å². The molecule has 1 saturated heterocycles. The van der Waals surface area contributed by atoms with E-state index >= 15 is 0 Å². The first-order chi connectivity index (χ1) is 11.1. The molecule has 1 amide bonds. The van der Waals surface area contributed by atoms with Gasteiger partial charge in [0.05, 0.1) is 5.69 Å². The first-order valence-corrected chi connectivity index (χ1v) is 8.78. The lowest BCUT2D eigenvalue weighted by Crippen LogP contribution is -2.31. The highest BCUT2D eigenvalue weighted by molar-refractivity contribution is 8.14. The Hall–Kier alpha value is -1.78. The van der Waals surface area contributed by atoms with Gasteiger partial charge in [-0.05, 0) is 43.7 Å². The van der Waals surface area contributed by atoms with Crippen LogP contribution in [0.1, 0.15) is 21.5 Å². The van der Waals surface area contributed by atoms with E-state index in [1.165, 1.54) is 0 Å². The minimum absolute atomic E-state index is 0.00266. The number of nitrogens with zero attached hydrogens (tertiary/aromatic N) is 2. The number of halogens is 1. The number of carbonyl (C=O) groups excluding carboxylic acids is 1. The number of thioether (sulfide) groups is 1. The standard InChI is InChI=1S/C18H17ClN2OS/c1-12-5-3-6-14(11-12)17(22)21-9-10-23-18(21)20-16-8-4-7-15(19)13(16)2/h3-8,11H,9-10H2,1-2H3. The van der Waals surface area contributed by atoms with Crippen molar-refractivity contribution in [1.29, 1.82) is 0 Å². The third-order valence-electron chi connectivity index (χ3n) is 3.74. The van der Waals surface area contributed by atoms with Gasteiger partial charge in [0.2, 0.25) is 0 Å². The molecule has 2 aromatic carbocycles. The number of aryl methyl sites for hydroxylation is 1. The predicted molar refractivity (Wildman–Crippen MR) is 98.0 cm³/mol. The second-order valence-electron chi connectivity index (χ2n) is 5.45. The Bertz CT molecular complexity index is 788. The second kappa shape index (κ2) is 6.77. The van der Waals surface area contributed by atoms with E-state index in [0.717, 1.165) is 27.7 Å². The molecule has 0 spiro atoms. The van der Waals surface area contributed by atoms with Crippen LogP contribution in [0.3, 0.4) is 0 Å². The van der Waals surface area contributed by atoms with Crippen LogP contribution in [0, 0.1) is 13.8 Å². The molecule has 3 nitrogen and oxygen atoms in total. The van der Waals surface area contributed by atoms with Gasteiger partial charge in [0.1, 0.15) is 0 Å². The maximum Gasteiger partial charge on any atom is 0.259 e. The zero-order valence-corrected chi connectivity index (χ0v) is 14.6. The van der Waals surface area contributed by atoms with Crippen LogP contribution in [0.2, 0.25) is 5.02 Å². The van der Waals surface area contributed by atoms with Gasteiger partial charge in [-0.15, -0.1) is 0 Å². The van der Waals surface area contributed by atoms with Crippen molar-refractivity contribution in [2.24, 2.45) is 4.99 Å². The second-order valence-corrected chi connectivity index (χ2v) is 6.92. The molecule has 2 aromatic rings. The normalized spacial score (nSPS) is 16.1. The van der Waals surface area contributed by atoms with Crippen molar-refractivity contribution in [3.63, 3.8) is 0 Å². The molecule has 0 bridgehead atoms. The van der Waals surface area contributed by atoms with Crippen molar-refractivity contribution in [2.45, 2.75) is 13.8 Å². The lowest BCUT2D eigenvalue weighted by atomic mass is 10.1. The van der Waals surface area contributed by atoms with Crippen molar-refractivity contribution in [3.05, 3.63) is 64.2 Å². The fourth-order valence-electron chi connectivity index (χ4n) is 2.44. The van der Waals surface area contributed by atoms with E-state index < -0.39 is 0 Å². The Kier molecular flexibility index (Phi) is 4.74. The fourth-order valence-corrected chi connectivity index (χ4v) is 3.56. The van der Waals surface area contributed by atoms with Crippen LogP contribution in [0.25, 0.3) is 0 Å². The van der Waals surface area contributed by atoms with Crippen LogP contribution in [0.15, 0.2) is 47.5 Å². The largest absolute Gasteiger partial charge is 0.286 e. The summed E-state index contributed by atoms with van der Waals surface area (Å²) in [5.74, 6) is 0.854. The number of aliphatic imine (C=N–C) groups is 1. The topological polar surface area (TPSA) is 32.7 Å². The zero-order chi connectivity index (χ0) is 16.4. The van der Waals surface area contributed by atoms with Gasteiger partial charge in [0, 0.05) is 22.9 Å². The monoisotopic (exact) mass is 344 g/mol. The number of carbonyl (C=O) groups is 1. The number of hydrogen-bond acceptors (Lipinski definition) is 3. The molecule has 0 aliphatic carbocycles. The average molecular weight is 345 g/mol. The van der Waals surface area contributed by atoms with Crippen LogP contribution in [0.5, 0.6) is 0 Å². The third kappa shape index (κ3) is 3.43. The van der Waals surface area contributed by atoms with Gasteiger partial charge in [-0.25, -0.2) is 4.99 Å². The van der Waals surface area contributed by atoms with E-state index in [9.17, 15) is 4.79 Å². The van der Waals surface area contributed by atoms with E-state index in [1.807, 2.05) is 56.3 Å². The summed E-state index contributed by atoms with van der Waals surface area (Å²) in [4.78, 5) is 19.2. The van der Waals surface area contributed by atoms with Crippen molar-refractivity contribution in [1.82, 2.24) is 4.90 Å². The number of rotatable bonds is 2. The summed E-state index contributed by atoms with van der Waals surface area (Å²) in [7, 11) is 0. The van der Waals surface area contributed by atoms with E-state index in [-0.39, 0.29) is 5.91 Å². The molecular formula is C18H17ClN2OS. The van der Waals surface area contributed by atoms with Gasteiger partial charge in [-0.2, -0.15) is 0 Å². The molecule has 0 unspecified atom stereocenters. The van der Waals surface area contributed by atoms with Gasteiger partial charge >= 0.3 is 0 Å². The van der Waals surface area contributed by atoms with E-state index in [1.54, 1.807) is 16.7 Å². The molecule has 1 aliphatic heterocycles. The fraction of sp³-hybridized carbons (Fsp3) is 0.222. The summed E-state index contributed by atoms with van der Waals surface area (Å²) in [6.45, 7) is 4.60. The molecule has 118 valence electrons. The number of amidine groups is 1. The molecule has 1 fully saturated rings. The average Bonchev–Trinajstić information content (AvgIpc) is 2.99. The third-order valence-corrected chi connectivity index (χ3v) is 5.11. The number of hydrogen-bond donors (Lipinski definition) is 0. The highest BCUT2D eigenvalue weighted by Gasteiger charge is 2.27. The molecule has 0 atom stereocenters. The molecule has 0 radical (unpaired) electrons. The molecule has 1 aliphatic rings. The number of benzene rings is 2. The maximum atomic E-state index is 12.8. The van der Waals surface area contributed by atoms with Gasteiger partial charge in [0.25, 0.3) is 5.91 Å². The Morgan fingerprint density at radius 1 is 1.22 bits per heavy atom. The van der Waals surface area contributed by atoms with Gasteiger partial charge in [-0.1, -0.05) is 47.1 Å². The first kappa shape index (κ1) is 16.1. The first-order valence-electron chi connectivity index (χ1n) is 7.41. The molecule has 3 rings (SSSR count). The van der Waals surface area contributed by atoms with Crippen molar-refractivity contribution < 1.29 is 4.79 Å². The van der Waals surface area contributed by atoms with Crippen LogP contribution in [0.4, 0.5) is 5.69 Å². The molecule has 0 N–H and O–H groups in total. The molecule has 0 saturated carbocycles. The Morgan fingerprint density at radius 3 is 2.78 bits per heavy atom. The SMILES string of the molecule is Cc1cccc(C(=O)N2CCSC2=Nc2cccc(Cl)c2C)c1. The minimum Gasteiger partial charge on any atom is -0.286 e. The van der Waals surface area contributed by atoms with E-state index in [0.29, 0.717) is 17.1 Å². The molecule has 1 heterocycles. The quantitative estimate of drug-likeness (QED) is 0.781. The summed E-state index contributed by atoms with van der Waals surface area (Å²) in [5.41, 5.74) is 3.51. The predicted octanol–water partition coefficient (Wildman–Crippen LogP) is 4.83. The lowest BCUT2D eigenvalue weighted by Gasteiger charge is -2.16. The van der Waals surface area contributed by atoms with E-state index in [4.69, 9.17) is 11.6 Å². The smallest absolute Gasteiger partial charge is 0.259 e. The Morgan fingerprint density at radius 2 is 2.00 bits per heavy atom. The van der Waals surface area contributed by atoms with Gasteiger partial charge in [0.15, 0.2) is 5.17 Å². The molecular weight excluding hydrogens is 328 g/mol. The van der Waals surface area contributed by atoms with Gasteiger partial charge in [-0.3, -0.25) is 9.69 Å². The molecule has 23 heavy (non-hydrogen) atoms. The lowest BCUT2D eigenvalue weighted by molar-refractivity contribution is 0.0859. The molecule has 5 heteroatoms. The summed E-state index contributed by atoms with van der Waals surface area (Å²) in [6, 6.07) is 13.3. The summed E-state index contributed by atoms with van der Waals surface area (Å²) in [5, 5.41) is 1.42. The maximum absolute atomic E-state index is 12.8. The van der Waals surface area contributed by atoms with Crippen LogP contribution >= 0.6 is 23.4 Å². The summed E-state index contributed by atoms with van der Waals surface area (Å²) in [6.07, 6.45) is 0. The minimum atomic E-state index is -0.00266. The summed E-state index contributed by atoms with van der Waals surface area (Å²) < 4.78 is 0. The van der Waals surface area contributed by atoms with E-state index in [2.05, 4.69) is 4.99 Å². The van der Waals surface area contributed by atoms with Crippen LogP contribution in [-0.2, 0) is 0 Å². The van der Waals surface area contributed by atoms with Crippen LogP contribution in [-0.4, -0.2) is 28.3 Å². The number of amides is 1. The van der Waals surface area contributed by atoms with Crippen molar-refractivity contribution in [3.8, 4) is 0 Å². The van der Waals surface area contributed by atoms with Gasteiger partial charge < -0.3 is 0 Å². The summed E-state index contributed by atoms with van der Waals surface area (Å²) >= 11 is 7.75. The highest BCUT2D eigenvalue weighted by atomic mass is 35.5. The van der Waals surface area contributed by atoms with Crippen molar-refractivity contribution >= 4 is 40.1 Å². The van der Waals surface area contributed by atoms with Crippen molar-refractivity contribution in [2.75, 3.05) is 12.3 Å². The zero-order valence-electron chi connectivity index (χ0n) is 13.0.